The minimum absolute atomic E-state index is 0.300. The second kappa shape index (κ2) is 8.37. The van der Waals surface area contributed by atoms with Crippen molar-refractivity contribution < 1.29 is 8.42 Å². The standard InChI is InChI=1S/C24H28N6O2S/c1-4-16-9-27-24(28-10-16)30-14-20-19(21(20)15-30)13-29(2)23-12-25-22(11-26-23)17-5-7-18(8-6-17)33(3,31)32/h5-12,19-21H,4,13-15H2,1-3H3/t19?,20-,21?/m0/s1. The van der Waals surface area contributed by atoms with Crippen LogP contribution in [0.2, 0.25) is 0 Å². The van der Waals surface area contributed by atoms with Crippen LogP contribution in [0.25, 0.3) is 11.3 Å². The summed E-state index contributed by atoms with van der Waals surface area (Å²) in [6.07, 6.45) is 9.55. The summed E-state index contributed by atoms with van der Waals surface area (Å²) in [6.45, 7) is 5.10. The van der Waals surface area contributed by atoms with Gasteiger partial charge in [-0.25, -0.2) is 23.4 Å². The van der Waals surface area contributed by atoms with Gasteiger partial charge in [0.15, 0.2) is 9.84 Å². The molecule has 9 heteroatoms. The maximum absolute atomic E-state index is 11.6. The van der Waals surface area contributed by atoms with Crippen LogP contribution in [-0.2, 0) is 16.3 Å². The van der Waals surface area contributed by atoms with Crippen molar-refractivity contribution in [1.29, 1.82) is 0 Å². The molecule has 1 saturated carbocycles. The van der Waals surface area contributed by atoms with E-state index in [1.54, 1.807) is 36.7 Å². The van der Waals surface area contributed by atoms with E-state index in [1.165, 1.54) is 11.8 Å². The zero-order valence-electron chi connectivity index (χ0n) is 19.1. The molecule has 0 spiro atoms. The molecule has 0 N–H and O–H groups in total. The number of benzene rings is 1. The Balaban J connectivity index is 1.17. The first-order valence-corrected chi connectivity index (χ1v) is 13.1. The molecule has 1 aromatic carbocycles. The Labute approximate surface area is 194 Å². The molecule has 2 aromatic heterocycles. The molecule has 2 unspecified atom stereocenters. The van der Waals surface area contributed by atoms with E-state index in [-0.39, 0.29) is 0 Å². The van der Waals surface area contributed by atoms with Gasteiger partial charge in [-0.05, 0) is 41.9 Å². The van der Waals surface area contributed by atoms with E-state index in [2.05, 4.69) is 43.7 Å². The van der Waals surface area contributed by atoms with Gasteiger partial charge in [-0.1, -0.05) is 19.1 Å². The summed E-state index contributed by atoms with van der Waals surface area (Å²) in [4.78, 5) is 23.0. The van der Waals surface area contributed by atoms with Crippen molar-refractivity contribution in [1.82, 2.24) is 19.9 Å². The van der Waals surface area contributed by atoms with Crippen LogP contribution < -0.4 is 9.80 Å². The molecule has 172 valence electrons. The van der Waals surface area contributed by atoms with E-state index >= 15 is 0 Å². The fourth-order valence-corrected chi connectivity index (χ4v) is 5.36. The second-order valence-electron chi connectivity index (χ2n) is 9.08. The minimum atomic E-state index is -3.21. The smallest absolute Gasteiger partial charge is 0.225 e. The molecule has 1 aliphatic carbocycles. The highest BCUT2D eigenvalue weighted by molar-refractivity contribution is 7.90. The average molecular weight is 465 g/mol. The molecular formula is C24H28N6O2S. The van der Waals surface area contributed by atoms with E-state index in [1.807, 2.05) is 12.4 Å². The van der Waals surface area contributed by atoms with Crippen LogP contribution in [0.3, 0.4) is 0 Å². The van der Waals surface area contributed by atoms with E-state index in [4.69, 9.17) is 0 Å². The lowest BCUT2D eigenvalue weighted by molar-refractivity contribution is 0.602. The molecule has 33 heavy (non-hydrogen) atoms. The number of aryl methyl sites for hydroxylation is 1. The van der Waals surface area contributed by atoms with Crippen LogP contribution in [0.1, 0.15) is 12.5 Å². The molecular weight excluding hydrogens is 436 g/mol. The predicted molar refractivity (Wildman–Crippen MR) is 128 cm³/mol. The number of hydrogen-bond donors (Lipinski definition) is 0. The van der Waals surface area contributed by atoms with Crippen molar-refractivity contribution in [2.75, 3.05) is 42.7 Å². The van der Waals surface area contributed by atoms with Crippen LogP contribution >= 0.6 is 0 Å². The summed E-state index contributed by atoms with van der Waals surface area (Å²) in [5.74, 6) is 3.71. The zero-order chi connectivity index (χ0) is 23.2. The Bertz CT molecular complexity index is 1220. The number of anilines is 2. The normalized spacial score (nSPS) is 21.7. The molecule has 0 radical (unpaired) electrons. The van der Waals surface area contributed by atoms with Gasteiger partial charge >= 0.3 is 0 Å². The monoisotopic (exact) mass is 464 g/mol. The lowest BCUT2D eigenvalue weighted by Crippen LogP contribution is -2.30. The third-order valence-corrected chi connectivity index (χ3v) is 7.97. The number of piperidine rings is 1. The molecule has 2 aliphatic rings. The van der Waals surface area contributed by atoms with Gasteiger partial charge in [0.1, 0.15) is 5.82 Å². The summed E-state index contributed by atoms with van der Waals surface area (Å²) in [6, 6.07) is 6.73. The summed E-state index contributed by atoms with van der Waals surface area (Å²) in [5, 5.41) is 0. The first kappa shape index (κ1) is 21.8. The lowest BCUT2D eigenvalue weighted by Gasteiger charge is -2.23. The molecule has 3 atom stereocenters. The summed E-state index contributed by atoms with van der Waals surface area (Å²) < 4.78 is 23.3. The Morgan fingerprint density at radius 2 is 1.64 bits per heavy atom. The maximum Gasteiger partial charge on any atom is 0.225 e. The van der Waals surface area contributed by atoms with Crippen LogP contribution in [0.15, 0.2) is 53.9 Å². The van der Waals surface area contributed by atoms with Crippen LogP contribution in [0.4, 0.5) is 11.8 Å². The first-order chi connectivity index (χ1) is 15.8. The molecule has 5 rings (SSSR count). The molecule has 1 aliphatic heterocycles. The number of nitrogens with zero attached hydrogens (tertiary/aromatic N) is 6. The van der Waals surface area contributed by atoms with Crippen molar-refractivity contribution in [2.45, 2.75) is 18.2 Å². The van der Waals surface area contributed by atoms with Gasteiger partial charge in [-0.3, -0.25) is 4.98 Å². The Kier molecular flexibility index (Phi) is 5.52. The molecule has 0 amide bonds. The van der Waals surface area contributed by atoms with Crippen molar-refractivity contribution >= 4 is 21.6 Å². The van der Waals surface area contributed by atoms with E-state index in [0.29, 0.717) is 22.6 Å². The van der Waals surface area contributed by atoms with Crippen molar-refractivity contribution in [2.24, 2.45) is 17.8 Å². The van der Waals surface area contributed by atoms with Gasteiger partial charge in [-0.15, -0.1) is 0 Å². The Hall–Kier alpha value is -3.07. The fraction of sp³-hybridized carbons (Fsp3) is 0.417. The van der Waals surface area contributed by atoms with Crippen LogP contribution in [0.5, 0.6) is 0 Å². The topological polar surface area (TPSA) is 92.2 Å². The summed E-state index contributed by atoms with van der Waals surface area (Å²) >= 11 is 0. The van der Waals surface area contributed by atoms with Gasteiger partial charge in [-0.2, -0.15) is 0 Å². The average Bonchev–Trinajstić information content (AvgIpc) is 3.25. The Morgan fingerprint density at radius 3 is 2.18 bits per heavy atom. The zero-order valence-corrected chi connectivity index (χ0v) is 19.9. The van der Waals surface area contributed by atoms with Crippen LogP contribution in [-0.4, -0.2) is 61.3 Å². The molecule has 3 aromatic rings. The molecule has 3 heterocycles. The molecule has 1 saturated heterocycles. The van der Waals surface area contributed by atoms with Crippen LogP contribution in [0, 0.1) is 17.8 Å². The molecule has 8 nitrogen and oxygen atoms in total. The van der Waals surface area contributed by atoms with Gasteiger partial charge in [0.2, 0.25) is 5.95 Å². The van der Waals surface area contributed by atoms with Gasteiger partial charge in [0, 0.05) is 50.9 Å². The summed E-state index contributed by atoms with van der Waals surface area (Å²) in [7, 11) is -1.15. The number of hydrogen-bond acceptors (Lipinski definition) is 8. The number of rotatable bonds is 7. The van der Waals surface area contributed by atoms with E-state index < -0.39 is 9.84 Å². The number of sulfone groups is 1. The highest BCUT2D eigenvalue weighted by atomic mass is 32.2. The predicted octanol–water partition coefficient (Wildman–Crippen LogP) is 2.72. The van der Waals surface area contributed by atoms with E-state index in [9.17, 15) is 8.42 Å². The first-order valence-electron chi connectivity index (χ1n) is 11.2. The van der Waals surface area contributed by atoms with Gasteiger partial charge in [0.25, 0.3) is 0 Å². The third-order valence-electron chi connectivity index (χ3n) is 6.85. The number of aromatic nitrogens is 4. The second-order valence-corrected chi connectivity index (χ2v) is 11.1. The van der Waals surface area contributed by atoms with Gasteiger partial charge in [0.05, 0.1) is 23.0 Å². The van der Waals surface area contributed by atoms with Crippen molar-refractivity contribution in [3.05, 3.63) is 54.6 Å². The molecule has 0 bridgehead atoms. The van der Waals surface area contributed by atoms with Crippen molar-refractivity contribution in [3.8, 4) is 11.3 Å². The Morgan fingerprint density at radius 1 is 0.970 bits per heavy atom. The third kappa shape index (κ3) is 4.42. The minimum Gasteiger partial charge on any atom is -0.358 e. The van der Waals surface area contributed by atoms with E-state index in [0.717, 1.165) is 49.1 Å². The number of fused-ring (bicyclic) bond motifs is 1. The van der Waals surface area contributed by atoms with Crippen molar-refractivity contribution in [3.63, 3.8) is 0 Å². The maximum atomic E-state index is 11.6. The summed E-state index contributed by atoms with van der Waals surface area (Å²) in [5.41, 5.74) is 2.73. The SMILES string of the molecule is CCc1cnc(N2CC3C(CN(C)c4cnc(-c5ccc(S(C)(=O)=O)cc5)cn4)[C@@H]3C2)nc1. The molecule has 2 fully saturated rings. The highest BCUT2D eigenvalue weighted by Gasteiger charge is 2.56. The largest absolute Gasteiger partial charge is 0.358 e. The highest BCUT2D eigenvalue weighted by Crippen LogP contribution is 2.52. The fourth-order valence-electron chi connectivity index (χ4n) is 4.73. The lowest BCUT2D eigenvalue weighted by atomic mass is 10.2. The van der Waals surface area contributed by atoms with Gasteiger partial charge < -0.3 is 9.80 Å². The quantitative estimate of drug-likeness (QED) is 0.527.